The third-order valence-electron chi connectivity index (χ3n) is 3.63. The molecular weight excluding hydrogens is 244 g/mol. The van der Waals surface area contributed by atoms with Gasteiger partial charge >= 0.3 is 0 Å². The zero-order valence-electron chi connectivity index (χ0n) is 10.8. The molecule has 0 bridgehead atoms. The molecule has 0 spiro atoms. The summed E-state index contributed by atoms with van der Waals surface area (Å²) in [5, 5.41) is 5.47. The fraction of sp³-hybridized carbons (Fsp3) is 0.400. The maximum Gasteiger partial charge on any atom is 0.0756 e. The molecule has 94 valence electrons. The van der Waals surface area contributed by atoms with Crippen LogP contribution in [0, 0.1) is 6.92 Å². The van der Waals surface area contributed by atoms with Gasteiger partial charge in [-0.3, -0.25) is 4.98 Å². The summed E-state index contributed by atoms with van der Waals surface area (Å²) in [7, 11) is 0. The molecule has 0 unspecified atom stereocenters. The lowest BCUT2D eigenvalue weighted by Crippen LogP contribution is -2.04. The lowest BCUT2D eigenvalue weighted by molar-refractivity contribution is 0.901. The van der Waals surface area contributed by atoms with E-state index in [1.165, 1.54) is 28.8 Å². The average Bonchev–Trinajstić information content (AvgIpc) is 2.78. The van der Waals surface area contributed by atoms with Gasteiger partial charge in [0.05, 0.1) is 5.52 Å². The lowest BCUT2D eigenvalue weighted by atomic mass is 10.0. The predicted molar refractivity (Wildman–Crippen MR) is 77.7 cm³/mol. The standard InChI is InChI=1S/C15H17ClN2/c1-3-17-15-11-5-4-6-13(11)18-14-9(2)7-10(16)8-12(14)15/h7-8H,3-6H2,1-2H3,(H,17,18). The Hall–Kier alpha value is -1.28. The SMILES string of the molecule is CCNc1c2c(nc3c(C)cc(Cl)cc13)CCC2. The van der Waals surface area contributed by atoms with Crippen LogP contribution < -0.4 is 5.32 Å². The van der Waals surface area contributed by atoms with E-state index in [0.29, 0.717) is 0 Å². The van der Waals surface area contributed by atoms with Gasteiger partial charge in [0.25, 0.3) is 0 Å². The van der Waals surface area contributed by atoms with Gasteiger partial charge in [-0.05, 0) is 56.4 Å². The Labute approximate surface area is 112 Å². The molecule has 3 rings (SSSR count). The lowest BCUT2D eigenvalue weighted by Gasteiger charge is -2.15. The van der Waals surface area contributed by atoms with Gasteiger partial charge in [0, 0.05) is 28.3 Å². The van der Waals surface area contributed by atoms with Gasteiger partial charge < -0.3 is 5.32 Å². The quantitative estimate of drug-likeness (QED) is 0.879. The molecule has 1 N–H and O–H groups in total. The number of aryl methyl sites for hydroxylation is 2. The number of pyridine rings is 1. The van der Waals surface area contributed by atoms with Crippen LogP contribution in [0.1, 0.15) is 30.2 Å². The highest BCUT2D eigenvalue weighted by molar-refractivity contribution is 6.31. The van der Waals surface area contributed by atoms with Crippen LogP contribution >= 0.6 is 11.6 Å². The number of hydrogen-bond acceptors (Lipinski definition) is 2. The molecule has 3 heteroatoms. The number of hydrogen-bond donors (Lipinski definition) is 1. The molecule has 0 radical (unpaired) electrons. The first-order valence-electron chi connectivity index (χ1n) is 6.56. The van der Waals surface area contributed by atoms with Crippen molar-refractivity contribution in [2.24, 2.45) is 0 Å². The number of benzene rings is 1. The highest BCUT2D eigenvalue weighted by Crippen LogP contribution is 2.36. The van der Waals surface area contributed by atoms with E-state index in [1.54, 1.807) is 0 Å². The Morgan fingerprint density at radius 2 is 2.17 bits per heavy atom. The van der Waals surface area contributed by atoms with Crippen molar-refractivity contribution in [3.63, 3.8) is 0 Å². The molecule has 0 saturated heterocycles. The Bertz CT molecular complexity index is 620. The first-order chi connectivity index (χ1) is 8.70. The minimum Gasteiger partial charge on any atom is -0.384 e. The van der Waals surface area contributed by atoms with Crippen LogP contribution in [0.3, 0.4) is 0 Å². The van der Waals surface area contributed by atoms with Crippen molar-refractivity contribution in [3.8, 4) is 0 Å². The first kappa shape index (κ1) is 11.8. The molecular formula is C15H17ClN2. The Kier molecular flexibility index (Phi) is 2.90. The average molecular weight is 261 g/mol. The normalized spacial score (nSPS) is 13.9. The van der Waals surface area contributed by atoms with E-state index in [-0.39, 0.29) is 0 Å². The van der Waals surface area contributed by atoms with Crippen molar-refractivity contribution >= 4 is 28.2 Å². The van der Waals surface area contributed by atoms with E-state index in [0.717, 1.165) is 35.5 Å². The van der Waals surface area contributed by atoms with Gasteiger partial charge in [0.1, 0.15) is 0 Å². The second-order valence-corrected chi connectivity index (χ2v) is 5.35. The molecule has 0 aliphatic heterocycles. The number of nitrogens with one attached hydrogen (secondary N) is 1. The van der Waals surface area contributed by atoms with Crippen molar-refractivity contribution in [3.05, 3.63) is 34.0 Å². The monoisotopic (exact) mass is 260 g/mol. The predicted octanol–water partition coefficient (Wildman–Crippen LogP) is 4.12. The molecule has 2 nitrogen and oxygen atoms in total. The minimum absolute atomic E-state index is 0.791. The van der Waals surface area contributed by atoms with Gasteiger partial charge in [-0.1, -0.05) is 11.6 Å². The van der Waals surface area contributed by atoms with Crippen molar-refractivity contribution in [2.45, 2.75) is 33.1 Å². The Morgan fingerprint density at radius 3 is 2.94 bits per heavy atom. The van der Waals surface area contributed by atoms with E-state index >= 15 is 0 Å². The number of rotatable bonds is 2. The summed E-state index contributed by atoms with van der Waals surface area (Å²) in [5.41, 5.74) is 6.16. The number of fused-ring (bicyclic) bond motifs is 2. The third-order valence-corrected chi connectivity index (χ3v) is 3.84. The highest BCUT2D eigenvalue weighted by atomic mass is 35.5. The van der Waals surface area contributed by atoms with Crippen molar-refractivity contribution in [1.29, 1.82) is 0 Å². The molecule has 18 heavy (non-hydrogen) atoms. The molecule has 1 aromatic heterocycles. The molecule has 2 aromatic rings. The smallest absolute Gasteiger partial charge is 0.0756 e. The van der Waals surface area contributed by atoms with Crippen LogP contribution in [0.15, 0.2) is 12.1 Å². The number of anilines is 1. The molecule has 1 aliphatic rings. The molecule has 0 saturated carbocycles. The van der Waals surface area contributed by atoms with Crippen LogP contribution in [0.4, 0.5) is 5.69 Å². The van der Waals surface area contributed by atoms with Crippen LogP contribution in [0.2, 0.25) is 5.02 Å². The molecule has 0 atom stereocenters. The fourth-order valence-electron chi connectivity index (χ4n) is 2.87. The molecule has 1 aromatic carbocycles. The fourth-order valence-corrected chi connectivity index (χ4v) is 3.14. The Balaban J connectivity index is 2.38. The van der Waals surface area contributed by atoms with Crippen molar-refractivity contribution in [2.75, 3.05) is 11.9 Å². The zero-order chi connectivity index (χ0) is 12.7. The minimum atomic E-state index is 0.791. The highest BCUT2D eigenvalue weighted by Gasteiger charge is 2.20. The van der Waals surface area contributed by atoms with E-state index in [4.69, 9.17) is 16.6 Å². The molecule has 0 amide bonds. The maximum atomic E-state index is 6.19. The summed E-state index contributed by atoms with van der Waals surface area (Å²) < 4.78 is 0. The topological polar surface area (TPSA) is 24.9 Å². The number of aromatic nitrogens is 1. The summed E-state index contributed by atoms with van der Waals surface area (Å²) in [6.07, 6.45) is 3.45. The maximum absolute atomic E-state index is 6.19. The van der Waals surface area contributed by atoms with E-state index in [2.05, 4.69) is 19.2 Å². The summed E-state index contributed by atoms with van der Waals surface area (Å²) in [6.45, 7) is 5.14. The van der Waals surface area contributed by atoms with Gasteiger partial charge in [0.15, 0.2) is 0 Å². The zero-order valence-corrected chi connectivity index (χ0v) is 11.6. The van der Waals surface area contributed by atoms with E-state index in [9.17, 15) is 0 Å². The van der Waals surface area contributed by atoms with E-state index < -0.39 is 0 Å². The van der Waals surface area contributed by atoms with Crippen LogP contribution in [0.25, 0.3) is 10.9 Å². The largest absolute Gasteiger partial charge is 0.384 e. The van der Waals surface area contributed by atoms with Gasteiger partial charge in [-0.15, -0.1) is 0 Å². The van der Waals surface area contributed by atoms with Gasteiger partial charge in [-0.2, -0.15) is 0 Å². The summed E-state index contributed by atoms with van der Waals surface area (Å²) in [5.74, 6) is 0. The van der Waals surface area contributed by atoms with Crippen LogP contribution in [-0.4, -0.2) is 11.5 Å². The van der Waals surface area contributed by atoms with Crippen LogP contribution in [0.5, 0.6) is 0 Å². The molecule has 1 aliphatic carbocycles. The third kappa shape index (κ3) is 1.76. The van der Waals surface area contributed by atoms with E-state index in [1.807, 2.05) is 12.1 Å². The van der Waals surface area contributed by atoms with Gasteiger partial charge in [-0.25, -0.2) is 0 Å². The molecule has 0 fully saturated rings. The second-order valence-electron chi connectivity index (χ2n) is 4.91. The van der Waals surface area contributed by atoms with Crippen LogP contribution in [-0.2, 0) is 12.8 Å². The van der Waals surface area contributed by atoms with Crippen molar-refractivity contribution < 1.29 is 0 Å². The second kappa shape index (κ2) is 4.43. The van der Waals surface area contributed by atoms with Crippen molar-refractivity contribution in [1.82, 2.24) is 4.98 Å². The summed E-state index contributed by atoms with van der Waals surface area (Å²) >= 11 is 6.19. The summed E-state index contributed by atoms with van der Waals surface area (Å²) in [6, 6.07) is 4.03. The molecule has 1 heterocycles. The number of halogens is 1. The number of nitrogens with zero attached hydrogens (tertiary/aromatic N) is 1. The first-order valence-corrected chi connectivity index (χ1v) is 6.94. The Morgan fingerprint density at radius 1 is 1.33 bits per heavy atom. The summed E-state index contributed by atoms with van der Waals surface area (Å²) in [4.78, 5) is 4.84. The van der Waals surface area contributed by atoms with Gasteiger partial charge in [0.2, 0.25) is 0 Å².